The van der Waals surface area contributed by atoms with Crippen LogP contribution in [0.25, 0.3) is 0 Å². The number of pyridine rings is 1. The highest BCUT2D eigenvalue weighted by atomic mass is 35.5. The van der Waals surface area contributed by atoms with Gasteiger partial charge >= 0.3 is 0 Å². The van der Waals surface area contributed by atoms with Crippen molar-refractivity contribution in [3.8, 4) is 0 Å². The molecule has 1 unspecified atom stereocenters. The summed E-state index contributed by atoms with van der Waals surface area (Å²) >= 11 is 7.43. The molecule has 3 N–H and O–H groups in total. The van der Waals surface area contributed by atoms with E-state index in [0.717, 1.165) is 10.8 Å². The van der Waals surface area contributed by atoms with Gasteiger partial charge in [0.1, 0.15) is 5.03 Å². The first-order chi connectivity index (χ1) is 6.74. The summed E-state index contributed by atoms with van der Waals surface area (Å²) in [5, 5.41) is 10.1. The van der Waals surface area contributed by atoms with Crippen LogP contribution in [0.2, 0.25) is 5.02 Å². The van der Waals surface area contributed by atoms with Crippen LogP contribution in [-0.2, 0) is 0 Å². The SMILES string of the molecule is NC(CCO)CSc1ncccc1Cl. The van der Waals surface area contributed by atoms with Crippen LogP contribution in [0.5, 0.6) is 0 Å². The summed E-state index contributed by atoms with van der Waals surface area (Å²) in [6, 6.07) is 3.58. The van der Waals surface area contributed by atoms with Crippen molar-refractivity contribution >= 4 is 23.4 Å². The predicted octanol–water partition coefficient (Wildman–Crippen LogP) is 1.54. The minimum Gasteiger partial charge on any atom is -0.396 e. The molecule has 1 heterocycles. The molecule has 0 saturated heterocycles. The summed E-state index contributed by atoms with van der Waals surface area (Å²) in [7, 11) is 0. The third kappa shape index (κ3) is 3.84. The maximum absolute atomic E-state index is 8.66. The van der Waals surface area contributed by atoms with Crippen molar-refractivity contribution in [2.24, 2.45) is 5.73 Å². The monoisotopic (exact) mass is 232 g/mol. The average molecular weight is 233 g/mol. The smallest absolute Gasteiger partial charge is 0.115 e. The molecule has 0 saturated carbocycles. The lowest BCUT2D eigenvalue weighted by Gasteiger charge is -2.08. The second-order valence-corrected chi connectivity index (χ2v) is 4.29. The van der Waals surface area contributed by atoms with Crippen LogP contribution in [0.4, 0.5) is 0 Å². The normalized spacial score (nSPS) is 12.8. The molecule has 0 fully saturated rings. The predicted molar refractivity (Wildman–Crippen MR) is 59.6 cm³/mol. The first-order valence-electron chi connectivity index (χ1n) is 4.33. The van der Waals surface area contributed by atoms with Gasteiger partial charge in [-0.25, -0.2) is 4.98 Å². The number of aliphatic hydroxyl groups excluding tert-OH is 1. The summed E-state index contributed by atoms with van der Waals surface area (Å²) in [5.74, 6) is 0.720. The van der Waals surface area contributed by atoms with Crippen LogP contribution >= 0.6 is 23.4 Å². The van der Waals surface area contributed by atoms with E-state index in [9.17, 15) is 0 Å². The van der Waals surface area contributed by atoms with E-state index in [0.29, 0.717) is 11.4 Å². The van der Waals surface area contributed by atoms with Crippen LogP contribution in [-0.4, -0.2) is 28.5 Å². The Hall–Kier alpha value is -0.290. The van der Waals surface area contributed by atoms with Crippen molar-refractivity contribution < 1.29 is 5.11 Å². The highest BCUT2D eigenvalue weighted by Gasteiger charge is 2.05. The highest BCUT2D eigenvalue weighted by Crippen LogP contribution is 2.24. The fourth-order valence-electron chi connectivity index (χ4n) is 0.913. The van der Waals surface area contributed by atoms with Gasteiger partial charge in [-0.15, -0.1) is 11.8 Å². The van der Waals surface area contributed by atoms with Crippen molar-refractivity contribution in [1.82, 2.24) is 4.98 Å². The Bertz CT molecular complexity index is 285. The number of hydrogen-bond acceptors (Lipinski definition) is 4. The largest absolute Gasteiger partial charge is 0.396 e. The number of nitrogens with two attached hydrogens (primary N) is 1. The number of nitrogens with zero attached hydrogens (tertiary/aromatic N) is 1. The van der Waals surface area contributed by atoms with Crippen molar-refractivity contribution in [2.75, 3.05) is 12.4 Å². The maximum atomic E-state index is 8.66. The second-order valence-electron chi connectivity index (χ2n) is 2.87. The molecule has 0 bridgehead atoms. The first kappa shape index (κ1) is 11.8. The quantitative estimate of drug-likeness (QED) is 0.757. The zero-order valence-electron chi connectivity index (χ0n) is 7.69. The zero-order valence-corrected chi connectivity index (χ0v) is 9.26. The Labute approximate surface area is 92.7 Å². The van der Waals surface area contributed by atoms with E-state index in [4.69, 9.17) is 22.4 Å². The van der Waals surface area contributed by atoms with Crippen LogP contribution < -0.4 is 5.73 Å². The first-order valence-corrected chi connectivity index (χ1v) is 5.70. The minimum atomic E-state index is -0.0110. The van der Waals surface area contributed by atoms with Crippen LogP contribution in [0, 0.1) is 0 Å². The Morgan fingerprint density at radius 2 is 2.43 bits per heavy atom. The number of thioether (sulfide) groups is 1. The van der Waals surface area contributed by atoms with E-state index < -0.39 is 0 Å². The average Bonchev–Trinajstić information content (AvgIpc) is 2.17. The Morgan fingerprint density at radius 3 is 3.07 bits per heavy atom. The van der Waals surface area contributed by atoms with E-state index in [-0.39, 0.29) is 12.6 Å². The maximum Gasteiger partial charge on any atom is 0.115 e. The zero-order chi connectivity index (χ0) is 10.4. The lowest BCUT2D eigenvalue weighted by Crippen LogP contribution is -2.23. The number of aliphatic hydroxyl groups is 1. The molecule has 0 radical (unpaired) electrons. The van der Waals surface area contributed by atoms with Crippen molar-refractivity contribution in [3.05, 3.63) is 23.4 Å². The van der Waals surface area contributed by atoms with Gasteiger partial charge in [-0.1, -0.05) is 11.6 Å². The highest BCUT2D eigenvalue weighted by molar-refractivity contribution is 7.99. The molecule has 0 aromatic carbocycles. The molecule has 14 heavy (non-hydrogen) atoms. The molecule has 0 aliphatic rings. The third-order valence-corrected chi connectivity index (χ3v) is 3.27. The Kier molecular flexibility index (Phi) is 5.25. The fraction of sp³-hybridized carbons (Fsp3) is 0.444. The lowest BCUT2D eigenvalue weighted by atomic mass is 10.3. The summed E-state index contributed by atoms with van der Waals surface area (Å²) in [6.07, 6.45) is 2.31. The summed E-state index contributed by atoms with van der Waals surface area (Å²) < 4.78 is 0. The molecule has 1 aromatic heterocycles. The van der Waals surface area contributed by atoms with E-state index in [1.165, 1.54) is 11.8 Å². The Morgan fingerprint density at radius 1 is 1.64 bits per heavy atom. The molecule has 78 valence electrons. The Balaban J connectivity index is 2.41. The molecule has 0 amide bonds. The lowest BCUT2D eigenvalue weighted by molar-refractivity contribution is 0.279. The van der Waals surface area contributed by atoms with Gasteiger partial charge in [-0.05, 0) is 18.6 Å². The summed E-state index contributed by atoms with van der Waals surface area (Å²) in [4.78, 5) is 4.12. The molecule has 1 atom stereocenters. The topological polar surface area (TPSA) is 59.1 Å². The molecule has 1 rings (SSSR count). The van der Waals surface area contributed by atoms with Gasteiger partial charge in [-0.2, -0.15) is 0 Å². The number of aromatic nitrogens is 1. The third-order valence-electron chi connectivity index (χ3n) is 1.66. The molecular formula is C9H13ClN2OS. The molecule has 5 heteroatoms. The van der Waals surface area contributed by atoms with Gasteiger partial charge in [-0.3, -0.25) is 0 Å². The van der Waals surface area contributed by atoms with Crippen LogP contribution in [0.3, 0.4) is 0 Å². The van der Waals surface area contributed by atoms with Gasteiger partial charge in [0, 0.05) is 24.6 Å². The van der Waals surface area contributed by atoms with Gasteiger partial charge < -0.3 is 10.8 Å². The van der Waals surface area contributed by atoms with Gasteiger partial charge in [0.05, 0.1) is 5.02 Å². The van der Waals surface area contributed by atoms with Gasteiger partial charge in [0.2, 0.25) is 0 Å². The van der Waals surface area contributed by atoms with Gasteiger partial charge in [0.25, 0.3) is 0 Å². The van der Waals surface area contributed by atoms with Crippen molar-refractivity contribution in [1.29, 1.82) is 0 Å². The molecule has 1 aromatic rings. The summed E-state index contributed by atoms with van der Waals surface area (Å²) in [5.41, 5.74) is 5.73. The standard InChI is InChI=1S/C9H13ClN2OS/c10-8-2-1-4-12-9(8)14-6-7(11)3-5-13/h1-2,4,7,13H,3,5-6,11H2. The number of rotatable bonds is 5. The van der Waals surface area contributed by atoms with Gasteiger partial charge in [0.15, 0.2) is 0 Å². The van der Waals surface area contributed by atoms with Crippen molar-refractivity contribution in [2.45, 2.75) is 17.5 Å². The second kappa shape index (κ2) is 6.24. The molecule has 0 aliphatic heterocycles. The fourth-order valence-corrected chi connectivity index (χ4v) is 2.08. The van der Waals surface area contributed by atoms with Crippen molar-refractivity contribution in [3.63, 3.8) is 0 Å². The van der Waals surface area contributed by atoms with E-state index >= 15 is 0 Å². The van der Waals surface area contributed by atoms with E-state index in [1.807, 2.05) is 0 Å². The molecule has 3 nitrogen and oxygen atoms in total. The summed E-state index contributed by atoms with van der Waals surface area (Å²) in [6.45, 7) is 0.123. The minimum absolute atomic E-state index is 0.0110. The molecule has 0 spiro atoms. The van der Waals surface area contributed by atoms with Crippen LogP contribution in [0.1, 0.15) is 6.42 Å². The molecular weight excluding hydrogens is 220 g/mol. The number of halogens is 1. The molecule has 0 aliphatic carbocycles. The van der Waals surface area contributed by atoms with E-state index in [1.54, 1.807) is 18.3 Å². The van der Waals surface area contributed by atoms with E-state index in [2.05, 4.69) is 4.98 Å². The van der Waals surface area contributed by atoms with Crippen LogP contribution in [0.15, 0.2) is 23.4 Å². The number of hydrogen-bond donors (Lipinski definition) is 2.